The minimum atomic E-state index is -0.269. The monoisotopic (exact) mass is 507 g/mol. The first-order valence-corrected chi connectivity index (χ1v) is 11.5. The standard InChI is InChI=1S/C25H22BrN3O2S/c1-3-15(2)18-8-13-22-21(14-18)28-24(31-22)17-6-11-20(12-7-17)27-25(32)29-23(30)16-4-9-19(26)10-5-16/h4-15H,3H2,1-2H3,(H2,27,29,30,32). The molecule has 0 aliphatic heterocycles. The van der Waals surface area contributed by atoms with Crippen molar-refractivity contribution >= 4 is 56.0 Å². The first-order valence-electron chi connectivity index (χ1n) is 10.3. The fourth-order valence-electron chi connectivity index (χ4n) is 3.25. The van der Waals surface area contributed by atoms with E-state index in [2.05, 4.69) is 57.5 Å². The highest BCUT2D eigenvalue weighted by Crippen LogP contribution is 2.28. The van der Waals surface area contributed by atoms with Gasteiger partial charge in [-0.15, -0.1) is 0 Å². The molecular formula is C25H22BrN3O2S. The number of benzene rings is 3. The molecule has 4 rings (SSSR count). The Morgan fingerprint density at radius 1 is 1.09 bits per heavy atom. The van der Waals surface area contributed by atoms with E-state index >= 15 is 0 Å². The summed E-state index contributed by atoms with van der Waals surface area (Å²) in [4.78, 5) is 16.9. The van der Waals surface area contributed by atoms with Crippen molar-refractivity contribution in [2.45, 2.75) is 26.2 Å². The van der Waals surface area contributed by atoms with Crippen LogP contribution in [0.15, 0.2) is 75.6 Å². The SMILES string of the molecule is CCC(C)c1ccc2oc(-c3ccc(NC(=S)NC(=O)c4ccc(Br)cc4)cc3)nc2c1. The van der Waals surface area contributed by atoms with Crippen molar-refractivity contribution < 1.29 is 9.21 Å². The van der Waals surface area contributed by atoms with E-state index in [1.807, 2.05) is 30.3 Å². The van der Waals surface area contributed by atoms with Crippen molar-refractivity contribution in [3.63, 3.8) is 0 Å². The first-order chi connectivity index (χ1) is 15.4. The molecule has 0 spiro atoms. The molecule has 1 unspecified atom stereocenters. The molecule has 7 heteroatoms. The first kappa shape index (κ1) is 22.2. The fourth-order valence-corrected chi connectivity index (χ4v) is 3.72. The van der Waals surface area contributed by atoms with Gasteiger partial charge in [-0.3, -0.25) is 10.1 Å². The highest BCUT2D eigenvalue weighted by Gasteiger charge is 2.12. The number of aromatic nitrogens is 1. The van der Waals surface area contributed by atoms with Gasteiger partial charge in [0, 0.05) is 21.3 Å². The lowest BCUT2D eigenvalue weighted by atomic mass is 9.98. The van der Waals surface area contributed by atoms with Gasteiger partial charge in [-0.05, 0) is 90.8 Å². The van der Waals surface area contributed by atoms with Crippen LogP contribution >= 0.6 is 28.1 Å². The van der Waals surface area contributed by atoms with Crippen LogP contribution in [0.4, 0.5) is 5.69 Å². The molecule has 0 saturated carbocycles. The Bertz CT molecular complexity index is 1270. The second-order valence-corrected chi connectivity index (χ2v) is 8.87. The number of hydrogen-bond donors (Lipinski definition) is 2. The Kier molecular flexibility index (Phi) is 6.67. The van der Waals surface area contributed by atoms with Crippen LogP contribution in [0.5, 0.6) is 0 Å². The van der Waals surface area contributed by atoms with E-state index in [1.54, 1.807) is 24.3 Å². The molecule has 1 heterocycles. The third kappa shape index (κ3) is 5.06. The molecule has 0 bridgehead atoms. The second-order valence-electron chi connectivity index (χ2n) is 7.55. The third-order valence-corrected chi connectivity index (χ3v) is 6.05. The number of oxazole rings is 1. The molecule has 0 aliphatic carbocycles. The average molecular weight is 508 g/mol. The fraction of sp³-hybridized carbons (Fsp3) is 0.160. The predicted octanol–water partition coefficient (Wildman–Crippen LogP) is 6.90. The Morgan fingerprint density at radius 3 is 2.50 bits per heavy atom. The average Bonchev–Trinajstić information content (AvgIpc) is 3.22. The number of nitrogens with one attached hydrogen (secondary N) is 2. The van der Waals surface area contributed by atoms with Crippen molar-refractivity contribution in [1.29, 1.82) is 0 Å². The Labute approximate surface area is 200 Å². The topological polar surface area (TPSA) is 67.2 Å². The van der Waals surface area contributed by atoms with Gasteiger partial charge in [-0.2, -0.15) is 0 Å². The third-order valence-electron chi connectivity index (χ3n) is 5.32. The molecule has 0 radical (unpaired) electrons. The summed E-state index contributed by atoms with van der Waals surface area (Å²) in [6.07, 6.45) is 1.08. The number of fused-ring (bicyclic) bond motifs is 1. The van der Waals surface area contributed by atoms with Crippen molar-refractivity contribution in [1.82, 2.24) is 10.3 Å². The smallest absolute Gasteiger partial charge is 0.257 e. The molecule has 0 aliphatic rings. The molecule has 0 saturated heterocycles. The van der Waals surface area contributed by atoms with Crippen molar-refractivity contribution in [2.24, 2.45) is 0 Å². The molecule has 0 fully saturated rings. The molecule has 2 N–H and O–H groups in total. The maximum absolute atomic E-state index is 12.3. The Hall–Kier alpha value is -3.03. The van der Waals surface area contributed by atoms with Crippen LogP contribution in [0.2, 0.25) is 0 Å². The van der Waals surface area contributed by atoms with Crippen LogP contribution < -0.4 is 10.6 Å². The normalized spacial score (nSPS) is 11.8. The zero-order valence-corrected chi connectivity index (χ0v) is 20.1. The van der Waals surface area contributed by atoms with E-state index in [1.165, 1.54) is 5.56 Å². The number of hydrogen-bond acceptors (Lipinski definition) is 4. The lowest BCUT2D eigenvalue weighted by Crippen LogP contribution is -2.34. The van der Waals surface area contributed by atoms with Crippen LogP contribution in [-0.2, 0) is 0 Å². The highest BCUT2D eigenvalue weighted by atomic mass is 79.9. The lowest BCUT2D eigenvalue weighted by Gasteiger charge is -2.10. The summed E-state index contributed by atoms with van der Waals surface area (Å²) in [6, 6.07) is 20.8. The number of anilines is 1. The number of halogens is 1. The van der Waals surface area contributed by atoms with E-state index in [-0.39, 0.29) is 11.0 Å². The predicted molar refractivity (Wildman–Crippen MR) is 136 cm³/mol. The van der Waals surface area contributed by atoms with Gasteiger partial charge >= 0.3 is 0 Å². The summed E-state index contributed by atoms with van der Waals surface area (Å²) in [6.45, 7) is 4.39. The van der Waals surface area contributed by atoms with Gasteiger partial charge in [0.15, 0.2) is 10.7 Å². The zero-order valence-electron chi connectivity index (χ0n) is 17.7. The van der Waals surface area contributed by atoms with E-state index in [4.69, 9.17) is 16.6 Å². The van der Waals surface area contributed by atoms with Gasteiger partial charge in [0.1, 0.15) is 5.52 Å². The summed E-state index contributed by atoms with van der Waals surface area (Å²) in [5.74, 6) is 0.784. The van der Waals surface area contributed by atoms with Gasteiger partial charge < -0.3 is 9.73 Å². The maximum Gasteiger partial charge on any atom is 0.257 e. The number of nitrogens with zero attached hydrogens (tertiary/aromatic N) is 1. The van der Waals surface area contributed by atoms with Crippen LogP contribution in [0.25, 0.3) is 22.6 Å². The van der Waals surface area contributed by atoms with Gasteiger partial charge in [0.25, 0.3) is 5.91 Å². The van der Waals surface area contributed by atoms with E-state index in [0.717, 1.165) is 33.2 Å². The van der Waals surface area contributed by atoms with Crippen LogP contribution in [0.3, 0.4) is 0 Å². The van der Waals surface area contributed by atoms with E-state index in [9.17, 15) is 4.79 Å². The van der Waals surface area contributed by atoms with Crippen molar-refractivity contribution in [3.8, 4) is 11.5 Å². The molecule has 32 heavy (non-hydrogen) atoms. The van der Waals surface area contributed by atoms with E-state index < -0.39 is 0 Å². The quantitative estimate of drug-likeness (QED) is 0.287. The number of thiocarbonyl (C=S) groups is 1. The highest BCUT2D eigenvalue weighted by molar-refractivity contribution is 9.10. The minimum Gasteiger partial charge on any atom is -0.436 e. The maximum atomic E-state index is 12.3. The number of amides is 1. The number of rotatable bonds is 5. The molecule has 162 valence electrons. The lowest BCUT2D eigenvalue weighted by molar-refractivity contribution is 0.0977. The van der Waals surface area contributed by atoms with Crippen molar-refractivity contribution in [3.05, 3.63) is 82.3 Å². The summed E-state index contributed by atoms with van der Waals surface area (Å²) in [7, 11) is 0. The summed E-state index contributed by atoms with van der Waals surface area (Å²) in [5, 5.41) is 5.93. The summed E-state index contributed by atoms with van der Waals surface area (Å²) < 4.78 is 6.84. The second kappa shape index (κ2) is 9.63. The van der Waals surface area contributed by atoms with Gasteiger partial charge in [-0.1, -0.05) is 35.8 Å². The zero-order chi connectivity index (χ0) is 22.7. The largest absolute Gasteiger partial charge is 0.436 e. The van der Waals surface area contributed by atoms with Gasteiger partial charge in [0.05, 0.1) is 0 Å². The molecule has 3 aromatic carbocycles. The van der Waals surface area contributed by atoms with Gasteiger partial charge in [0.2, 0.25) is 5.89 Å². The molecule has 1 atom stereocenters. The molecule has 1 aromatic heterocycles. The Balaban J connectivity index is 1.43. The Morgan fingerprint density at radius 2 is 1.81 bits per heavy atom. The molecule has 1 amide bonds. The molecular weight excluding hydrogens is 486 g/mol. The molecule has 5 nitrogen and oxygen atoms in total. The number of carbonyl (C=O) groups is 1. The van der Waals surface area contributed by atoms with Crippen LogP contribution in [0, 0.1) is 0 Å². The van der Waals surface area contributed by atoms with E-state index in [0.29, 0.717) is 17.4 Å². The van der Waals surface area contributed by atoms with Crippen molar-refractivity contribution in [2.75, 3.05) is 5.32 Å². The number of carbonyl (C=O) groups excluding carboxylic acids is 1. The van der Waals surface area contributed by atoms with Crippen LogP contribution in [-0.4, -0.2) is 16.0 Å². The van der Waals surface area contributed by atoms with Gasteiger partial charge in [-0.25, -0.2) is 4.98 Å². The summed E-state index contributed by atoms with van der Waals surface area (Å²) >= 11 is 8.62. The minimum absolute atomic E-state index is 0.227. The van der Waals surface area contributed by atoms with Crippen LogP contribution in [0.1, 0.15) is 42.1 Å². The molecule has 4 aromatic rings. The summed E-state index contributed by atoms with van der Waals surface area (Å²) in [5.41, 5.74) is 5.04.